The Morgan fingerprint density at radius 3 is 2.24 bits per heavy atom. The number of piperidine rings is 1. The van der Waals surface area contributed by atoms with E-state index in [1.54, 1.807) is 0 Å². The maximum atomic E-state index is 12.9. The van der Waals surface area contributed by atoms with Gasteiger partial charge in [0, 0.05) is 13.1 Å². The average molecular weight is 315 g/mol. The SMILES string of the molecule is CC(C)C(N)C(=O)N1CCC(c2ccc(F)cc2)CC1.Cl. The molecule has 118 valence electrons. The standard InChI is InChI=1S/C16H23FN2O.ClH/c1-11(2)15(18)16(20)19-9-7-13(8-10-19)12-3-5-14(17)6-4-12;/h3-6,11,13,15H,7-10,18H2,1-2H3;1H. The third-order valence-electron chi connectivity index (χ3n) is 4.15. The lowest BCUT2D eigenvalue weighted by Crippen LogP contribution is -2.49. The van der Waals surface area contributed by atoms with Crippen LogP contribution < -0.4 is 5.73 Å². The van der Waals surface area contributed by atoms with E-state index in [0.29, 0.717) is 5.92 Å². The predicted octanol–water partition coefficient (Wildman–Crippen LogP) is 2.94. The van der Waals surface area contributed by atoms with Crippen LogP contribution in [0.3, 0.4) is 0 Å². The van der Waals surface area contributed by atoms with Crippen molar-refractivity contribution in [1.29, 1.82) is 0 Å². The van der Waals surface area contributed by atoms with Gasteiger partial charge in [0.1, 0.15) is 5.82 Å². The summed E-state index contributed by atoms with van der Waals surface area (Å²) in [6.45, 7) is 5.41. The molecule has 1 aliphatic rings. The highest BCUT2D eigenvalue weighted by atomic mass is 35.5. The summed E-state index contributed by atoms with van der Waals surface area (Å²) in [5.41, 5.74) is 7.08. The van der Waals surface area contributed by atoms with Gasteiger partial charge in [0.25, 0.3) is 0 Å². The molecule has 1 aromatic carbocycles. The van der Waals surface area contributed by atoms with Gasteiger partial charge in [-0.05, 0) is 42.4 Å². The fraction of sp³-hybridized carbons (Fsp3) is 0.562. The Hall–Kier alpha value is -1.13. The van der Waals surface area contributed by atoms with E-state index in [-0.39, 0.29) is 30.0 Å². The van der Waals surface area contributed by atoms with E-state index in [1.807, 2.05) is 30.9 Å². The van der Waals surface area contributed by atoms with E-state index in [2.05, 4.69) is 0 Å². The van der Waals surface area contributed by atoms with Crippen LogP contribution in [0.15, 0.2) is 24.3 Å². The Morgan fingerprint density at radius 2 is 1.76 bits per heavy atom. The summed E-state index contributed by atoms with van der Waals surface area (Å²) in [6, 6.07) is 6.29. The second-order valence-corrected chi connectivity index (χ2v) is 5.92. The molecule has 1 aliphatic heterocycles. The molecule has 0 spiro atoms. The van der Waals surface area contributed by atoms with Gasteiger partial charge in [0.2, 0.25) is 5.91 Å². The highest BCUT2D eigenvalue weighted by molar-refractivity contribution is 5.85. The minimum Gasteiger partial charge on any atom is -0.341 e. The first-order valence-corrected chi connectivity index (χ1v) is 7.29. The van der Waals surface area contributed by atoms with Crippen molar-refractivity contribution in [2.75, 3.05) is 13.1 Å². The molecular formula is C16H24ClFN2O. The van der Waals surface area contributed by atoms with Crippen LogP contribution >= 0.6 is 12.4 Å². The van der Waals surface area contributed by atoms with E-state index in [4.69, 9.17) is 5.73 Å². The van der Waals surface area contributed by atoms with Crippen molar-refractivity contribution < 1.29 is 9.18 Å². The molecule has 3 nitrogen and oxygen atoms in total. The smallest absolute Gasteiger partial charge is 0.239 e. The normalized spacial score (nSPS) is 17.5. The summed E-state index contributed by atoms with van der Waals surface area (Å²) in [6.07, 6.45) is 1.84. The Kier molecular flexibility index (Phi) is 6.62. The van der Waals surface area contributed by atoms with Crippen molar-refractivity contribution in [3.63, 3.8) is 0 Å². The molecule has 0 radical (unpaired) electrons. The van der Waals surface area contributed by atoms with Crippen LogP contribution in [0.25, 0.3) is 0 Å². The van der Waals surface area contributed by atoms with Gasteiger partial charge >= 0.3 is 0 Å². The fourth-order valence-corrected chi connectivity index (χ4v) is 2.66. The van der Waals surface area contributed by atoms with Gasteiger partial charge in [-0.3, -0.25) is 4.79 Å². The second kappa shape index (κ2) is 7.76. The molecule has 2 rings (SSSR count). The molecule has 2 N–H and O–H groups in total. The Balaban J connectivity index is 0.00000220. The monoisotopic (exact) mass is 314 g/mol. The van der Waals surface area contributed by atoms with E-state index < -0.39 is 6.04 Å². The summed E-state index contributed by atoms with van der Waals surface area (Å²) in [4.78, 5) is 14.0. The van der Waals surface area contributed by atoms with Crippen molar-refractivity contribution in [2.24, 2.45) is 11.7 Å². The first-order valence-electron chi connectivity index (χ1n) is 7.29. The van der Waals surface area contributed by atoms with Crippen LogP contribution in [0.5, 0.6) is 0 Å². The molecular weight excluding hydrogens is 291 g/mol. The molecule has 1 heterocycles. The molecule has 0 aromatic heterocycles. The number of likely N-dealkylation sites (tertiary alicyclic amines) is 1. The highest BCUT2D eigenvalue weighted by Gasteiger charge is 2.28. The van der Waals surface area contributed by atoms with E-state index >= 15 is 0 Å². The minimum absolute atomic E-state index is 0. The molecule has 1 saturated heterocycles. The molecule has 0 saturated carbocycles. The number of hydrogen-bond acceptors (Lipinski definition) is 2. The third kappa shape index (κ3) is 4.42. The molecule has 1 unspecified atom stereocenters. The first kappa shape index (κ1) is 17.9. The number of hydrogen-bond donors (Lipinski definition) is 1. The number of nitrogens with zero attached hydrogens (tertiary/aromatic N) is 1. The highest BCUT2D eigenvalue weighted by Crippen LogP contribution is 2.28. The quantitative estimate of drug-likeness (QED) is 0.932. The van der Waals surface area contributed by atoms with E-state index in [9.17, 15) is 9.18 Å². The lowest BCUT2D eigenvalue weighted by Gasteiger charge is -2.34. The van der Waals surface area contributed by atoms with Crippen LogP contribution in [0.1, 0.15) is 38.2 Å². The maximum absolute atomic E-state index is 12.9. The summed E-state index contributed by atoms with van der Waals surface area (Å²) in [5.74, 6) is 0.425. The van der Waals surface area contributed by atoms with E-state index in [1.165, 1.54) is 12.1 Å². The molecule has 1 aromatic rings. The van der Waals surface area contributed by atoms with Gasteiger partial charge < -0.3 is 10.6 Å². The van der Waals surface area contributed by atoms with Crippen molar-refractivity contribution in [3.8, 4) is 0 Å². The second-order valence-electron chi connectivity index (χ2n) is 5.92. The zero-order valence-electron chi connectivity index (χ0n) is 12.6. The van der Waals surface area contributed by atoms with Crippen LogP contribution in [0.2, 0.25) is 0 Å². The number of halogens is 2. The largest absolute Gasteiger partial charge is 0.341 e. The summed E-state index contributed by atoms with van der Waals surface area (Å²) in [7, 11) is 0. The maximum Gasteiger partial charge on any atom is 0.239 e. The lowest BCUT2D eigenvalue weighted by atomic mass is 9.89. The number of nitrogens with two attached hydrogens (primary N) is 1. The van der Waals surface area contributed by atoms with Crippen molar-refractivity contribution in [3.05, 3.63) is 35.6 Å². The molecule has 0 bridgehead atoms. The van der Waals surface area contributed by atoms with Gasteiger partial charge in [0.15, 0.2) is 0 Å². The minimum atomic E-state index is -0.405. The molecule has 0 aliphatic carbocycles. The van der Waals surface area contributed by atoms with Gasteiger partial charge in [-0.1, -0.05) is 26.0 Å². The topological polar surface area (TPSA) is 46.3 Å². The Labute approximate surface area is 132 Å². The molecule has 21 heavy (non-hydrogen) atoms. The number of carbonyl (C=O) groups excluding carboxylic acids is 1. The van der Waals surface area contributed by atoms with Crippen molar-refractivity contribution >= 4 is 18.3 Å². The third-order valence-corrected chi connectivity index (χ3v) is 4.15. The molecule has 1 amide bonds. The summed E-state index contributed by atoms with van der Waals surface area (Å²) < 4.78 is 12.9. The van der Waals surface area contributed by atoms with E-state index in [0.717, 1.165) is 31.5 Å². The predicted molar refractivity (Wildman–Crippen MR) is 85.0 cm³/mol. The molecule has 1 fully saturated rings. The Bertz CT molecular complexity index is 456. The lowest BCUT2D eigenvalue weighted by molar-refractivity contribution is -0.134. The van der Waals surface area contributed by atoms with Gasteiger partial charge in [-0.15, -0.1) is 12.4 Å². The van der Waals surface area contributed by atoms with Crippen LogP contribution in [0.4, 0.5) is 4.39 Å². The van der Waals surface area contributed by atoms with Crippen LogP contribution in [0, 0.1) is 11.7 Å². The number of amides is 1. The van der Waals surface area contributed by atoms with Gasteiger partial charge in [-0.2, -0.15) is 0 Å². The molecule has 1 atom stereocenters. The van der Waals surface area contributed by atoms with Crippen molar-refractivity contribution in [2.45, 2.75) is 38.6 Å². The van der Waals surface area contributed by atoms with Gasteiger partial charge in [-0.25, -0.2) is 4.39 Å². The van der Waals surface area contributed by atoms with Crippen molar-refractivity contribution in [1.82, 2.24) is 4.90 Å². The Morgan fingerprint density at radius 1 is 1.24 bits per heavy atom. The summed E-state index contributed by atoms with van der Waals surface area (Å²) in [5, 5.41) is 0. The first-order chi connectivity index (χ1) is 9.49. The van der Waals surface area contributed by atoms with Gasteiger partial charge in [0.05, 0.1) is 6.04 Å². The zero-order chi connectivity index (χ0) is 14.7. The fourth-order valence-electron chi connectivity index (χ4n) is 2.66. The number of carbonyl (C=O) groups is 1. The molecule has 5 heteroatoms. The number of rotatable bonds is 3. The average Bonchev–Trinajstić information content (AvgIpc) is 2.46. The summed E-state index contributed by atoms with van der Waals surface area (Å²) >= 11 is 0. The number of benzene rings is 1. The van der Waals surface area contributed by atoms with Crippen LogP contribution in [-0.4, -0.2) is 29.9 Å². The van der Waals surface area contributed by atoms with Crippen LogP contribution in [-0.2, 0) is 4.79 Å². The zero-order valence-corrected chi connectivity index (χ0v) is 13.4.